The maximum atomic E-state index is 15.2. The molecule has 17 heteroatoms. The van der Waals surface area contributed by atoms with Crippen molar-refractivity contribution in [2.75, 3.05) is 41.0 Å². The fourth-order valence-electron chi connectivity index (χ4n) is 3.84. The van der Waals surface area contributed by atoms with Crippen molar-refractivity contribution in [1.82, 2.24) is 14.9 Å². The van der Waals surface area contributed by atoms with E-state index < -0.39 is 29.4 Å². The van der Waals surface area contributed by atoms with Crippen LogP contribution in [0.2, 0.25) is 0 Å². The molecular weight excluding hydrogens is 652 g/mol. The van der Waals surface area contributed by atoms with Crippen LogP contribution in [0.3, 0.4) is 0 Å². The maximum Gasteiger partial charge on any atom is 0.305 e. The van der Waals surface area contributed by atoms with E-state index in [1.54, 1.807) is 13.0 Å². The van der Waals surface area contributed by atoms with Gasteiger partial charge in [-0.3, -0.25) is 19.2 Å². The van der Waals surface area contributed by atoms with Crippen LogP contribution in [0.5, 0.6) is 23.0 Å². The van der Waals surface area contributed by atoms with Gasteiger partial charge in [0.15, 0.2) is 45.4 Å². The number of aliphatic carboxylic acids is 2. The first-order valence-corrected chi connectivity index (χ1v) is 15.2. The molecule has 0 unspecified atom stereocenters. The average Bonchev–Trinajstić information content (AvgIpc) is 3.63. The van der Waals surface area contributed by atoms with Crippen molar-refractivity contribution in [2.24, 2.45) is 0 Å². The van der Waals surface area contributed by atoms with Gasteiger partial charge in [0, 0.05) is 38.6 Å². The number of methoxy groups -OCH3 is 2. The standard InChI is InChI=1S/C24H22F2N2O7S2.C5H9NO3/c1-11-27-20-15(36-11)9-13(32-2)22(18(20)25)34-7-4-8-35-23-14(33-3)10-16-21(19(23)26)28-24(37-16)12(29)5-6-17(30)31;1-6(4-7)3-2-5(8)9/h9-10H,4-8H2,1-3H3,(H,30,31);4H,2-3H2,1H3,(H,8,9). The summed E-state index contributed by atoms with van der Waals surface area (Å²) in [6.07, 6.45) is 0.299. The maximum absolute atomic E-state index is 15.2. The zero-order valence-electron chi connectivity index (χ0n) is 25.3. The van der Waals surface area contributed by atoms with E-state index in [0.29, 0.717) is 20.8 Å². The van der Waals surface area contributed by atoms with E-state index in [-0.39, 0.29) is 84.5 Å². The number of hydrogen-bond donors (Lipinski definition) is 2. The lowest BCUT2D eigenvalue weighted by Gasteiger charge is -2.14. The number of Topliss-reactive ketones (excluding diaryl/α,β-unsaturated/α-hetero) is 1. The molecule has 248 valence electrons. The van der Waals surface area contributed by atoms with Crippen LogP contribution in [0.4, 0.5) is 8.78 Å². The zero-order valence-corrected chi connectivity index (χ0v) is 26.9. The van der Waals surface area contributed by atoms with Gasteiger partial charge < -0.3 is 34.1 Å². The average molecular weight is 684 g/mol. The number of thiazole rings is 2. The van der Waals surface area contributed by atoms with Crippen LogP contribution in [0.1, 0.15) is 40.5 Å². The van der Waals surface area contributed by atoms with Gasteiger partial charge in [-0.05, 0) is 6.92 Å². The van der Waals surface area contributed by atoms with Crippen LogP contribution in [0, 0.1) is 18.6 Å². The Morgan fingerprint density at radius 2 is 1.39 bits per heavy atom. The number of amides is 1. The molecule has 1 amide bonds. The normalized spacial score (nSPS) is 10.7. The van der Waals surface area contributed by atoms with E-state index in [4.69, 9.17) is 29.2 Å². The Balaban J connectivity index is 0.000000559. The summed E-state index contributed by atoms with van der Waals surface area (Å²) in [4.78, 5) is 52.2. The van der Waals surface area contributed by atoms with Crippen molar-refractivity contribution in [3.8, 4) is 23.0 Å². The molecule has 0 aliphatic rings. The van der Waals surface area contributed by atoms with Crippen LogP contribution >= 0.6 is 22.7 Å². The number of ether oxygens (including phenoxy) is 4. The van der Waals surface area contributed by atoms with Gasteiger partial charge in [-0.1, -0.05) is 0 Å². The molecule has 0 saturated heterocycles. The first kappa shape index (κ1) is 35.8. The highest BCUT2D eigenvalue weighted by atomic mass is 32.1. The van der Waals surface area contributed by atoms with E-state index in [9.17, 15) is 23.6 Å². The van der Waals surface area contributed by atoms with Crippen molar-refractivity contribution in [3.63, 3.8) is 0 Å². The zero-order chi connectivity index (χ0) is 34.0. The molecule has 2 aromatic carbocycles. The van der Waals surface area contributed by atoms with Gasteiger partial charge in [0.1, 0.15) is 11.0 Å². The van der Waals surface area contributed by atoms with E-state index in [1.165, 1.54) is 43.6 Å². The molecule has 0 saturated carbocycles. The minimum absolute atomic E-state index is 0.00556. The highest BCUT2D eigenvalue weighted by Crippen LogP contribution is 2.40. The van der Waals surface area contributed by atoms with Gasteiger partial charge in [0.05, 0.1) is 54.7 Å². The monoisotopic (exact) mass is 683 g/mol. The molecule has 2 heterocycles. The van der Waals surface area contributed by atoms with Gasteiger partial charge >= 0.3 is 11.9 Å². The molecule has 0 bridgehead atoms. The summed E-state index contributed by atoms with van der Waals surface area (Å²) in [5.41, 5.74) is 0.133. The molecule has 4 rings (SSSR count). The Bertz CT molecular complexity index is 1730. The molecule has 13 nitrogen and oxygen atoms in total. The van der Waals surface area contributed by atoms with Crippen molar-refractivity contribution >= 4 is 67.2 Å². The SMILES string of the molecule is CN(C=O)CCC(=O)O.COc1cc2sc(C)nc2c(F)c1OCCCOc1c(OC)cc2sc(C(=O)CCC(=O)O)nc2c1F. The summed E-state index contributed by atoms with van der Waals surface area (Å²) in [5, 5.41) is 17.6. The molecule has 46 heavy (non-hydrogen) atoms. The van der Waals surface area contributed by atoms with Crippen LogP contribution in [0.25, 0.3) is 20.4 Å². The predicted molar refractivity (Wildman–Crippen MR) is 165 cm³/mol. The fraction of sp³-hybridized carbons (Fsp3) is 0.379. The molecule has 2 aromatic heterocycles. The number of carboxylic acid groups (broad SMARTS) is 2. The number of aryl methyl sites for hydroxylation is 1. The van der Waals surface area contributed by atoms with Crippen molar-refractivity contribution in [3.05, 3.63) is 33.8 Å². The molecule has 0 radical (unpaired) electrons. The van der Waals surface area contributed by atoms with Crippen LogP contribution in [0.15, 0.2) is 12.1 Å². The number of rotatable bonds is 16. The topological polar surface area (TPSA) is 175 Å². The summed E-state index contributed by atoms with van der Waals surface area (Å²) in [5.74, 6) is -3.81. The molecule has 4 aromatic rings. The lowest BCUT2D eigenvalue weighted by molar-refractivity contribution is -0.138. The van der Waals surface area contributed by atoms with Gasteiger partial charge in [0.25, 0.3) is 0 Å². The molecule has 0 aliphatic heterocycles. The van der Waals surface area contributed by atoms with E-state index >= 15 is 4.39 Å². The van der Waals surface area contributed by atoms with E-state index in [0.717, 1.165) is 11.3 Å². The van der Waals surface area contributed by atoms with Crippen LogP contribution < -0.4 is 18.9 Å². The molecule has 0 fully saturated rings. The second kappa shape index (κ2) is 16.6. The molecule has 0 atom stereocenters. The fourth-order valence-corrected chi connectivity index (χ4v) is 5.65. The number of carboxylic acids is 2. The molecule has 0 spiro atoms. The quantitative estimate of drug-likeness (QED) is 0.0925. The van der Waals surface area contributed by atoms with Crippen molar-refractivity contribution in [2.45, 2.75) is 32.6 Å². The largest absolute Gasteiger partial charge is 0.493 e. The molecular formula is C29H31F2N3O10S2. The number of carbonyl (C=O) groups is 4. The summed E-state index contributed by atoms with van der Waals surface area (Å²) < 4.78 is 52.9. The molecule has 0 aliphatic carbocycles. The van der Waals surface area contributed by atoms with Crippen LogP contribution in [-0.4, -0.2) is 90.2 Å². The minimum atomic E-state index is -1.11. The Morgan fingerprint density at radius 3 is 1.89 bits per heavy atom. The van der Waals surface area contributed by atoms with Gasteiger partial charge in [-0.25, -0.2) is 18.7 Å². The smallest absolute Gasteiger partial charge is 0.305 e. The highest BCUT2D eigenvalue weighted by Gasteiger charge is 2.23. The van der Waals surface area contributed by atoms with Crippen molar-refractivity contribution in [1.29, 1.82) is 0 Å². The Hall–Kier alpha value is -4.64. The number of hydrogen-bond acceptors (Lipinski definition) is 12. The predicted octanol–water partition coefficient (Wildman–Crippen LogP) is 4.95. The van der Waals surface area contributed by atoms with E-state index in [1.807, 2.05) is 0 Å². The summed E-state index contributed by atoms with van der Waals surface area (Å²) in [7, 11) is 4.30. The number of aromatic nitrogens is 2. The lowest BCUT2D eigenvalue weighted by atomic mass is 10.2. The van der Waals surface area contributed by atoms with E-state index in [2.05, 4.69) is 9.97 Å². The van der Waals surface area contributed by atoms with Crippen LogP contribution in [-0.2, 0) is 14.4 Å². The summed E-state index contributed by atoms with van der Waals surface area (Å²) in [6.45, 7) is 2.12. The summed E-state index contributed by atoms with van der Waals surface area (Å²) >= 11 is 2.29. The lowest BCUT2D eigenvalue weighted by Crippen LogP contribution is -2.19. The number of ketones is 1. The Labute approximate surface area is 269 Å². The molecule has 2 N–H and O–H groups in total. The van der Waals surface area contributed by atoms with Gasteiger partial charge in [-0.2, -0.15) is 0 Å². The first-order valence-electron chi connectivity index (χ1n) is 13.6. The Kier molecular flexibility index (Phi) is 12.9. The minimum Gasteiger partial charge on any atom is -0.493 e. The number of fused-ring (bicyclic) bond motifs is 2. The highest BCUT2D eigenvalue weighted by molar-refractivity contribution is 7.20. The number of benzene rings is 2. The Morgan fingerprint density at radius 1 is 0.870 bits per heavy atom. The summed E-state index contributed by atoms with van der Waals surface area (Å²) in [6, 6.07) is 3.17. The first-order chi connectivity index (χ1) is 21.9. The number of nitrogens with zero attached hydrogens (tertiary/aromatic N) is 3. The van der Waals surface area contributed by atoms with Gasteiger partial charge in [-0.15, -0.1) is 22.7 Å². The third kappa shape index (κ3) is 9.20. The van der Waals surface area contributed by atoms with Gasteiger partial charge in [0.2, 0.25) is 6.41 Å². The third-order valence-electron chi connectivity index (χ3n) is 6.08. The second-order valence-corrected chi connectivity index (χ2v) is 11.8. The third-order valence-corrected chi connectivity index (χ3v) is 8.05. The second-order valence-electron chi connectivity index (χ2n) is 9.49. The number of halogens is 2. The number of carbonyl (C=O) groups excluding carboxylic acids is 2. The van der Waals surface area contributed by atoms with Crippen molar-refractivity contribution < 1.29 is 57.1 Å².